The quantitative estimate of drug-likeness (QED) is 0.543. The fourth-order valence-electron chi connectivity index (χ4n) is 1.77. The number of nitrogen functional groups attached to an aromatic ring is 1. The predicted octanol–water partition coefficient (Wildman–Crippen LogP) is 1.01. The topological polar surface area (TPSA) is 106 Å². The molecule has 0 radical (unpaired) electrons. The van der Waals surface area contributed by atoms with Gasteiger partial charge in [0.25, 0.3) is 0 Å². The van der Waals surface area contributed by atoms with E-state index in [1.165, 1.54) is 4.80 Å². The summed E-state index contributed by atoms with van der Waals surface area (Å²) in [4.78, 5) is 5.43. The molecule has 3 N–H and O–H groups in total. The van der Waals surface area contributed by atoms with Gasteiger partial charge < -0.3 is 5.73 Å². The summed E-state index contributed by atoms with van der Waals surface area (Å²) in [5.74, 6) is 0.784. The van der Waals surface area contributed by atoms with Gasteiger partial charge >= 0.3 is 0 Å². The lowest BCUT2D eigenvalue weighted by Crippen LogP contribution is -2.17. The molecule has 0 saturated carbocycles. The first kappa shape index (κ1) is 12.0. The standard InChI is InChI=1S/C13H11N7/c14-11(15)10-7-4-8-16-13(10)20-18-12(17-19-20)9-5-2-1-3-6-9/h1-8H,(H3,14,15). The summed E-state index contributed by atoms with van der Waals surface area (Å²) in [7, 11) is 0. The largest absolute Gasteiger partial charge is 0.384 e. The number of nitrogens with one attached hydrogen (secondary N) is 1. The molecule has 0 aliphatic heterocycles. The molecule has 0 spiro atoms. The number of rotatable bonds is 3. The Balaban J connectivity index is 2.05. The summed E-state index contributed by atoms with van der Waals surface area (Å²) in [5.41, 5.74) is 6.85. The summed E-state index contributed by atoms with van der Waals surface area (Å²) in [6, 6.07) is 12.9. The lowest BCUT2D eigenvalue weighted by atomic mass is 10.2. The molecule has 3 rings (SSSR count). The van der Waals surface area contributed by atoms with Gasteiger partial charge in [-0.3, -0.25) is 5.41 Å². The number of hydrogen-bond donors (Lipinski definition) is 2. The van der Waals surface area contributed by atoms with Crippen LogP contribution < -0.4 is 5.73 Å². The van der Waals surface area contributed by atoms with E-state index in [-0.39, 0.29) is 5.84 Å². The first-order valence-electron chi connectivity index (χ1n) is 5.91. The average Bonchev–Trinajstić information content (AvgIpc) is 2.98. The van der Waals surface area contributed by atoms with E-state index in [4.69, 9.17) is 11.1 Å². The minimum Gasteiger partial charge on any atom is -0.384 e. The van der Waals surface area contributed by atoms with Crippen LogP contribution in [0.15, 0.2) is 48.7 Å². The maximum Gasteiger partial charge on any atom is 0.205 e. The van der Waals surface area contributed by atoms with Gasteiger partial charge in [-0.25, -0.2) is 4.98 Å². The molecule has 0 aliphatic rings. The number of aromatic nitrogens is 5. The molecule has 2 aromatic heterocycles. The highest BCUT2D eigenvalue weighted by Gasteiger charge is 2.12. The third-order valence-corrected chi connectivity index (χ3v) is 2.71. The maximum absolute atomic E-state index is 7.54. The van der Waals surface area contributed by atoms with Crippen LogP contribution in [0.5, 0.6) is 0 Å². The molecule has 0 saturated heterocycles. The lowest BCUT2D eigenvalue weighted by molar-refractivity contribution is 0.699. The van der Waals surface area contributed by atoms with Crippen molar-refractivity contribution in [3.63, 3.8) is 0 Å². The second-order valence-electron chi connectivity index (χ2n) is 4.06. The van der Waals surface area contributed by atoms with Gasteiger partial charge in [-0.15, -0.1) is 15.0 Å². The number of pyridine rings is 1. The Morgan fingerprint density at radius 1 is 1.10 bits per heavy atom. The van der Waals surface area contributed by atoms with Crippen LogP contribution in [0.25, 0.3) is 17.2 Å². The van der Waals surface area contributed by atoms with E-state index in [2.05, 4.69) is 20.4 Å². The molecule has 0 atom stereocenters. The van der Waals surface area contributed by atoms with Crippen molar-refractivity contribution in [2.75, 3.05) is 0 Å². The smallest absolute Gasteiger partial charge is 0.205 e. The van der Waals surface area contributed by atoms with Crippen molar-refractivity contribution in [1.82, 2.24) is 25.2 Å². The third kappa shape index (κ3) is 2.12. The summed E-state index contributed by atoms with van der Waals surface area (Å²) in [5, 5.41) is 19.8. The molecule has 2 heterocycles. The Labute approximate surface area is 114 Å². The van der Waals surface area contributed by atoms with Gasteiger partial charge in [0.2, 0.25) is 5.82 Å². The summed E-state index contributed by atoms with van der Waals surface area (Å²) in [6.45, 7) is 0. The van der Waals surface area contributed by atoms with Crippen LogP contribution in [0.3, 0.4) is 0 Å². The number of tetrazole rings is 1. The number of amidine groups is 1. The minimum atomic E-state index is -0.0911. The molecule has 7 nitrogen and oxygen atoms in total. The second-order valence-corrected chi connectivity index (χ2v) is 4.06. The highest BCUT2D eigenvalue weighted by Crippen LogP contribution is 2.14. The molecule has 0 unspecified atom stereocenters. The Kier molecular flexibility index (Phi) is 2.92. The van der Waals surface area contributed by atoms with E-state index in [0.29, 0.717) is 17.2 Å². The summed E-state index contributed by atoms with van der Waals surface area (Å²) in [6.07, 6.45) is 1.59. The van der Waals surface area contributed by atoms with E-state index >= 15 is 0 Å². The van der Waals surface area contributed by atoms with Gasteiger partial charge in [-0.1, -0.05) is 30.3 Å². The Morgan fingerprint density at radius 3 is 2.65 bits per heavy atom. The van der Waals surface area contributed by atoms with E-state index < -0.39 is 0 Å². The molecule has 0 fully saturated rings. The fourth-order valence-corrected chi connectivity index (χ4v) is 1.77. The van der Waals surface area contributed by atoms with Crippen molar-refractivity contribution in [3.05, 3.63) is 54.2 Å². The SMILES string of the molecule is N=C(N)c1cccnc1-n1nnc(-c2ccccc2)n1. The van der Waals surface area contributed by atoms with Gasteiger partial charge in [0.05, 0.1) is 5.56 Å². The molecule has 0 aliphatic carbocycles. The molecule has 20 heavy (non-hydrogen) atoms. The molecular weight excluding hydrogens is 254 g/mol. The van der Waals surface area contributed by atoms with E-state index in [0.717, 1.165) is 5.56 Å². The van der Waals surface area contributed by atoms with Crippen LogP contribution in [0.1, 0.15) is 5.56 Å². The highest BCUT2D eigenvalue weighted by molar-refractivity contribution is 5.97. The predicted molar refractivity (Wildman–Crippen MR) is 73.4 cm³/mol. The third-order valence-electron chi connectivity index (χ3n) is 2.71. The summed E-state index contributed by atoms with van der Waals surface area (Å²) < 4.78 is 0. The Morgan fingerprint density at radius 2 is 1.90 bits per heavy atom. The summed E-state index contributed by atoms with van der Waals surface area (Å²) >= 11 is 0. The zero-order chi connectivity index (χ0) is 13.9. The molecular formula is C13H11N7. The van der Waals surface area contributed by atoms with Crippen LogP contribution in [0, 0.1) is 5.41 Å². The Bertz CT molecular complexity index is 748. The monoisotopic (exact) mass is 265 g/mol. The Hall–Kier alpha value is -3.09. The number of benzene rings is 1. The lowest BCUT2D eigenvalue weighted by Gasteiger charge is -2.03. The van der Waals surface area contributed by atoms with Crippen molar-refractivity contribution < 1.29 is 0 Å². The van der Waals surface area contributed by atoms with Crippen molar-refractivity contribution in [2.45, 2.75) is 0 Å². The van der Waals surface area contributed by atoms with Crippen molar-refractivity contribution in [3.8, 4) is 17.2 Å². The molecule has 3 aromatic rings. The number of nitrogens with zero attached hydrogens (tertiary/aromatic N) is 5. The van der Waals surface area contributed by atoms with Gasteiger partial charge in [0.15, 0.2) is 5.82 Å². The zero-order valence-corrected chi connectivity index (χ0v) is 10.4. The van der Waals surface area contributed by atoms with Gasteiger partial charge in [0, 0.05) is 11.8 Å². The molecule has 0 amide bonds. The van der Waals surface area contributed by atoms with Crippen LogP contribution in [-0.4, -0.2) is 31.0 Å². The van der Waals surface area contributed by atoms with Crippen LogP contribution in [0.2, 0.25) is 0 Å². The van der Waals surface area contributed by atoms with Crippen molar-refractivity contribution in [1.29, 1.82) is 5.41 Å². The second kappa shape index (κ2) is 4.88. The van der Waals surface area contributed by atoms with Crippen LogP contribution in [0.4, 0.5) is 0 Å². The van der Waals surface area contributed by atoms with Crippen LogP contribution >= 0.6 is 0 Å². The van der Waals surface area contributed by atoms with E-state index in [9.17, 15) is 0 Å². The van der Waals surface area contributed by atoms with Crippen LogP contribution in [-0.2, 0) is 0 Å². The number of hydrogen-bond acceptors (Lipinski definition) is 5. The van der Waals surface area contributed by atoms with E-state index in [1.807, 2.05) is 30.3 Å². The minimum absolute atomic E-state index is 0.0911. The van der Waals surface area contributed by atoms with E-state index in [1.54, 1.807) is 18.3 Å². The molecule has 98 valence electrons. The molecule has 1 aromatic carbocycles. The normalized spacial score (nSPS) is 10.4. The first-order chi connectivity index (χ1) is 9.75. The zero-order valence-electron chi connectivity index (χ0n) is 10.4. The molecule has 7 heteroatoms. The molecule has 0 bridgehead atoms. The highest BCUT2D eigenvalue weighted by atomic mass is 15.6. The maximum atomic E-state index is 7.54. The van der Waals surface area contributed by atoms with Crippen molar-refractivity contribution in [2.24, 2.45) is 5.73 Å². The van der Waals surface area contributed by atoms with Gasteiger partial charge in [-0.2, -0.15) is 0 Å². The van der Waals surface area contributed by atoms with Crippen molar-refractivity contribution >= 4 is 5.84 Å². The fraction of sp³-hybridized carbons (Fsp3) is 0. The van der Waals surface area contributed by atoms with Gasteiger partial charge in [0.1, 0.15) is 5.84 Å². The first-order valence-corrected chi connectivity index (χ1v) is 5.91. The van der Waals surface area contributed by atoms with Gasteiger partial charge in [-0.05, 0) is 17.3 Å². The average molecular weight is 265 g/mol. The number of nitrogens with two attached hydrogens (primary N) is 1.